The zero-order valence-electron chi connectivity index (χ0n) is 7.53. The average molecular weight is 210 g/mol. The Balaban J connectivity index is 2.67. The van der Waals surface area contributed by atoms with Crippen molar-refractivity contribution in [3.05, 3.63) is 17.7 Å². The van der Waals surface area contributed by atoms with Gasteiger partial charge in [-0.1, -0.05) is 0 Å². The lowest BCUT2D eigenvalue weighted by Gasteiger charge is -2.04. The summed E-state index contributed by atoms with van der Waals surface area (Å²) in [5.41, 5.74) is 1.14. The molecule has 14 heavy (non-hydrogen) atoms. The fourth-order valence-electron chi connectivity index (χ4n) is 1.13. The summed E-state index contributed by atoms with van der Waals surface area (Å²) in [7, 11) is 0. The highest BCUT2D eigenvalue weighted by molar-refractivity contribution is 6.28. The van der Waals surface area contributed by atoms with E-state index >= 15 is 0 Å². The molecule has 6 heteroatoms. The van der Waals surface area contributed by atoms with E-state index in [0.717, 1.165) is 6.54 Å². The molecular weight excluding hydrogens is 202 g/mol. The van der Waals surface area contributed by atoms with E-state index < -0.39 is 0 Å². The predicted molar refractivity (Wildman–Crippen MR) is 54.3 cm³/mol. The Morgan fingerprint density at radius 3 is 2.86 bits per heavy atom. The van der Waals surface area contributed by atoms with E-state index in [2.05, 4.69) is 25.3 Å². The van der Waals surface area contributed by atoms with Crippen LogP contribution in [0.5, 0.6) is 0 Å². The van der Waals surface area contributed by atoms with Crippen molar-refractivity contribution < 1.29 is 0 Å². The fourth-order valence-corrected chi connectivity index (χ4v) is 1.29. The molecule has 2 heterocycles. The monoisotopic (exact) mass is 209 g/mol. The maximum absolute atomic E-state index is 5.73. The van der Waals surface area contributed by atoms with Crippen LogP contribution >= 0.6 is 11.6 Å². The van der Waals surface area contributed by atoms with E-state index in [1.54, 1.807) is 12.4 Å². The molecule has 1 N–H and O–H groups in total. The van der Waals surface area contributed by atoms with Gasteiger partial charge in [-0.3, -0.25) is 0 Å². The summed E-state index contributed by atoms with van der Waals surface area (Å²) in [5, 5.41) is 3.23. The third-order valence-corrected chi connectivity index (χ3v) is 1.82. The molecule has 0 aliphatic heterocycles. The molecule has 0 aromatic carbocycles. The molecule has 2 rings (SSSR count). The Bertz CT molecular complexity index is 458. The Hall–Kier alpha value is -1.49. The van der Waals surface area contributed by atoms with Crippen LogP contribution in [0.25, 0.3) is 11.2 Å². The number of fused-ring (bicyclic) bond motifs is 1. The molecular formula is C8H8ClN5. The van der Waals surface area contributed by atoms with Gasteiger partial charge in [0.1, 0.15) is 0 Å². The van der Waals surface area contributed by atoms with Gasteiger partial charge in [0.25, 0.3) is 0 Å². The molecule has 0 aliphatic carbocycles. The van der Waals surface area contributed by atoms with Crippen LogP contribution < -0.4 is 5.32 Å². The second-order valence-corrected chi connectivity index (χ2v) is 2.94. The first-order chi connectivity index (χ1) is 6.81. The summed E-state index contributed by atoms with van der Waals surface area (Å²) in [4.78, 5) is 16.2. The fraction of sp³-hybridized carbons (Fsp3) is 0.250. The molecule has 0 spiro atoms. The van der Waals surface area contributed by atoms with Gasteiger partial charge in [0, 0.05) is 18.9 Å². The quantitative estimate of drug-likeness (QED) is 0.760. The van der Waals surface area contributed by atoms with Crippen molar-refractivity contribution in [1.29, 1.82) is 0 Å². The predicted octanol–water partition coefficient (Wildman–Crippen LogP) is 1.50. The van der Waals surface area contributed by atoms with E-state index in [9.17, 15) is 0 Å². The number of nitrogens with one attached hydrogen (secondary N) is 1. The van der Waals surface area contributed by atoms with Gasteiger partial charge in [-0.2, -0.15) is 9.97 Å². The van der Waals surface area contributed by atoms with Crippen LogP contribution in [0.4, 0.5) is 5.82 Å². The summed E-state index contributed by atoms with van der Waals surface area (Å²) in [6, 6.07) is 0. The Kier molecular flexibility index (Phi) is 2.41. The molecule has 0 saturated carbocycles. The topological polar surface area (TPSA) is 63.6 Å². The number of rotatable bonds is 2. The van der Waals surface area contributed by atoms with Crippen LogP contribution in [0.1, 0.15) is 6.92 Å². The van der Waals surface area contributed by atoms with Crippen molar-refractivity contribution in [2.24, 2.45) is 0 Å². The second kappa shape index (κ2) is 3.71. The van der Waals surface area contributed by atoms with Gasteiger partial charge in [0.15, 0.2) is 17.0 Å². The Labute approximate surface area is 85.6 Å². The first-order valence-electron chi connectivity index (χ1n) is 4.19. The number of nitrogens with zero attached hydrogens (tertiary/aromatic N) is 4. The zero-order valence-corrected chi connectivity index (χ0v) is 8.28. The summed E-state index contributed by atoms with van der Waals surface area (Å²) in [6.45, 7) is 2.72. The zero-order chi connectivity index (χ0) is 9.97. The molecule has 0 saturated heterocycles. The molecule has 0 fully saturated rings. The third-order valence-electron chi connectivity index (χ3n) is 1.65. The van der Waals surface area contributed by atoms with Crippen molar-refractivity contribution >= 4 is 28.6 Å². The van der Waals surface area contributed by atoms with E-state index in [0.29, 0.717) is 17.0 Å². The largest absolute Gasteiger partial charge is 0.368 e. The maximum Gasteiger partial charge on any atom is 0.226 e. The molecule has 0 radical (unpaired) electrons. The van der Waals surface area contributed by atoms with Gasteiger partial charge >= 0.3 is 0 Å². The number of aromatic nitrogens is 4. The minimum atomic E-state index is 0.175. The second-order valence-electron chi connectivity index (χ2n) is 2.60. The summed E-state index contributed by atoms with van der Waals surface area (Å²) in [6.07, 6.45) is 3.17. The Morgan fingerprint density at radius 2 is 2.07 bits per heavy atom. The van der Waals surface area contributed by atoms with Crippen molar-refractivity contribution in [3.63, 3.8) is 0 Å². The molecule has 2 aromatic heterocycles. The average Bonchev–Trinajstić information content (AvgIpc) is 2.18. The number of hydrogen-bond acceptors (Lipinski definition) is 5. The highest BCUT2D eigenvalue weighted by Gasteiger charge is 2.06. The van der Waals surface area contributed by atoms with Crippen molar-refractivity contribution in [3.8, 4) is 0 Å². The molecule has 2 aromatic rings. The lowest BCUT2D eigenvalue weighted by Crippen LogP contribution is -2.03. The minimum absolute atomic E-state index is 0.175. The summed E-state index contributed by atoms with van der Waals surface area (Å²) in [5.74, 6) is 0.621. The number of halogens is 1. The number of anilines is 1. The maximum atomic E-state index is 5.73. The molecule has 0 bridgehead atoms. The highest BCUT2D eigenvalue weighted by Crippen LogP contribution is 2.17. The summed E-state index contributed by atoms with van der Waals surface area (Å²) >= 11 is 5.73. The van der Waals surface area contributed by atoms with Crippen LogP contribution in [0, 0.1) is 0 Å². The van der Waals surface area contributed by atoms with E-state index in [1.165, 1.54) is 0 Å². The minimum Gasteiger partial charge on any atom is -0.368 e. The highest BCUT2D eigenvalue weighted by atomic mass is 35.5. The van der Waals surface area contributed by atoms with Gasteiger partial charge in [-0.05, 0) is 18.5 Å². The molecule has 0 unspecified atom stereocenters. The van der Waals surface area contributed by atoms with Crippen LogP contribution in [0.15, 0.2) is 12.4 Å². The van der Waals surface area contributed by atoms with E-state index in [1.807, 2.05) is 6.92 Å². The molecule has 72 valence electrons. The first-order valence-corrected chi connectivity index (χ1v) is 4.57. The summed E-state index contributed by atoms with van der Waals surface area (Å²) < 4.78 is 0. The third kappa shape index (κ3) is 1.58. The lowest BCUT2D eigenvalue weighted by atomic mass is 10.4. The van der Waals surface area contributed by atoms with Crippen molar-refractivity contribution in [1.82, 2.24) is 19.9 Å². The van der Waals surface area contributed by atoms with Crippen molar-refractivity contribution in [2.45, 2.75) is 6.92 Å². The van der Waals surface area contributed by atoms with E-state index in [4.69, 9.17) is 11.6 Å². The van der Waals surface area contributed by atoms with Gasteiger partial charge in [0.2, 0.25) is 5.28 Å². The van der Waals surface area contributed by atoms with Crippen LogP contribution in [0.3, 0.4) is 0 Å². The Morgan fingerprint density at radius 1 is 1.29 bits per heavy atom. The van der Waals surface area contributed by atoms with Crippen LogP contribution in [-0.2, 0) is 0 Å². The molecule has 0 amide bonds. The molecule has 0 aliphatic rings. The van der Waals surface area contributed by atoms with Crippen LogP contribution in [0.2, 0.25) is 5.28 Å². The SMILES string of the molecule is CCNc1nc(Cl)nc2nccnc12. The van der Waals surface area contributed by atoms with Gasteiger partial charge in [-0.15, -0.1) is 0 Å². The molecule has 0 atom stereocenters. The van der Waals surface area contributed by atoms with Gasteiger partial charge in [0.05, 0.1) is 0 Å². The van der Waals surface area contributed by atoms with Crippen molar-refractivity contribution in [2.75, 3.05) is 11.9 Å². The van der Waals surface area contributed by atoms with Crippen LogP contribution in [-0.4, -0.2) is 26.5 Å². The first kappa shape index (κ1) is 9.08. The smallest absolute Gasteiger partial charge is 0.226 e. The van der Waals surface area contributed by atoms with E-state index in [-0.39, 0.29) is 5.28 Å². The number of hydrogen-bond donors (Lipinski definition) is 1. The van der Waals surface area contributed by atoms with Gasteiger partial charge < -0.3 is 5.32 Å². The lowest BCUT2D eigenvalue weighted by molar-refractivity contribution is 1.11. The normalized spacial score (nSPS) is 10.4. The van der Waals surface area contributed by atoms with Gasteiger partial charge in [-0.25, -0.2) is 9.97 Å². The molecule has 5 nitrogen and oxygen atoms in total. The standard InChI is InChI=1S/C8H8ClN5/c1-2-10-6-5-7(12-4-3-11-5)14-8(9)13-6/h3-4H,2H2,1H3,(H,10,12,13,14).